The summed E-state index contributed by atoms with van der Waals surface area (Å²) in [6.45, 7) is 9.02. The third kappa shape index (κ3) is 4.62. The summed E-state index contributed by atoms with van der Waals surface area (Å²) in [6, 6.07) is 14.8. The first kappa shape index (κ1) is 25.0. The minimum Gasteiger partial charge on any atom is -0.339 e. The normalized spacial score (nSPS) is 15.8. The number of aromatic nitrogens is 4. The van der Waals surface area contributed by atoms with E-state index in [1.165, 1.54) is 0 Å². The van der Waals surface area contributed by atoms with E-state index in [0.717, 1.165) is 58.5 Å². The van der Waals surface area contributed by atoms with Crippen molar-refractivity contribution in [3.8, 4) is 22.4 Å². The molecule has 8 nitrogen and oxygen atoms in total. The Morgan fingerprint density at radius 1 is 1.03 bits per heavy atom. The van der Waals surface area contributed by atoms with Gasteiger partial charge in [-0.1, -0.05) is 29.8 Å². The molecule has 1 aliphatic rings. The highest BCUT2D eigenvalue weighted by Crippen LogP contribution is 2.33. The van der Waals surface area contributed by atoms with Gasteiger partial charge in [0.15, 0.2) is 0 Å². The quantitative estimate of drug-likeness (QED) is 0.387. The third-order valence-electron chi connectivity index (χ3n) is 7.56. The van der Waals surface area contributed by atoms with Gasteiger partial charge in [0.1, 0.15) is 12.2 Å². The number of nitrogens with zero attached hydrogens (tertiary/aromatic N) is 6. The van der Waals surface area contributed by atoms with Crippen LogP contribution in [-0.2, 0) is 24.4 Å². The van der Waals surface area contributed by atoms with E-state index in [1.54, 1.807) is 4.68 Å². The number of aryl methyl sites for hydroxylation is 3. The first-order valence-corrected chi connectivity index (χ1v) is 13.1. The van der Waals surface area contributed by atoms with Gasteiger partial charge in [0.25, 0.3) is 0 Å². The highest BCUT2D eigenvalue weighted by atomic mass is 16.2. The lowest BCUT2D eigenvalue weighted by atomic mass is 10.0. The third-order valence-corrected chi connectivity index (χ3v) is 7.56. The second-order valence-corrected chi connectivity index (χ2v) is 10.2. The first-order chi connectivity index (χ1) is 17.8. The number of hydrogen-bond donors (Lipinski definition) is 0. The van der Waals surface area contributed by atoms with Gasteiger partial charge in [-0.3, -0.25) is 18.6 Å². The van der Waals surface area contributed by atoms with Gasteiger partial charge in [-0.15, -0.1) is 0 Å². The zero-order valence-corrected chi connectivity index (χ0v) is 22.4. The smallest absolute Gasteiger partial charge is 0.329 e. The van der Waals surface area contributed by atoms with Crippen molar-refractivity contribution in [2.75, 3.05) is 27.2 Å². The molecule has 1 aliphatic heterocycles. The van der Waals surface area contributed by atoms with Crippen molar-refractivity contribution in [2.24, 2.45) is 0 Å². The zero-order valence-electron chi connectivity index (χ0n) is 22.4. The second-order valence-electron chi connectivity index (χ2n) is 10.2. The predicted octanol–water partition coefficient (Wildman–Crippen LogP) is 3.84. The average molecular weight is 501 g/mol. The molecule has 37 heavy (non-hydrogen) atoms. The fourth-order valence-corrected chi connectivity index (χ4v) is 5.45. The van der Waals surface area contributed by atoms with Crippen LogP contribution in [0.2, 0.25) is 0 Å². The molecule has 5 rings (SSSR count). The second kappa shape index (κ2) is 10.0. The molecule has 2 aromatic carbocycles. The van der Waals surface area contributed by atoms with E-state index in [1.807, 2.05) is 46.2 Å². The number of fused-ring (bicyclic) bond motifs is 1. The maximum Gasteiger partial charge on any atom is 0.329 e. The number of rotatable bonds is 7. The SMILES string of the molecule is CCn1c(=O)n(CC)c2cc(-c3cn(CC(=O)N4CC[C@H](N(C)C)C4)nc3-c3cccc(C)c3)ccc21. The van der Waals surface area contributed by atoms with Crippen molar-refractivity contribution in [3.63, 3.8) is 0 Å². The van der Waals surface area contributed by atoms with Crippen LogP contribution >= 0.6 is 0 Å². The summed E-state index contributed by atoms with van der Waals surface area (Å²) >= 11 is 0. The molecule has 3 heterocycles. The number of amides is 1. The number of carbonyl (C=O) groups excluding carboxylic acids is 1. The van der Waals surface area contributed by atoms with E-state index in [4.69, 9.17) is 5.10 Å². The molecule has 0 spiro atoms. The molecule has 0 saturated carbocycles. The van der Waals surface area contributed by atoms with Gasteiger partial charge in [0.2, 0.25) is 5.91 Å². The van der Waals surface area contributed by atoms with Crippen LogP contribution in [0.1, 0.15) is 25.8 Å². The van der Waals surface area contributed by atoms with Crippen molar-refractivity contribution in [2.45, 2.75) is 52.9 Å². The lowest BCUT2D eigenvalue weighted by Crippen LogP contribution is -2.36. The van der Waals surface area contributed by atoms with Crippen LogP contribution in [0.4, 0.5) is 0 Å². The van der Waals surface area contributed by atoms with Crippen LogP contribution < -0.4 is 5.69 Å². The van der Waals surface area contributed by atoms with E-state index in [-0.39, 0.29) is 18.1 Å². The fraction of sp³-hybridized carbons (Fsp3) is 0.414. The molecule has 1 fully saturated rings. The lowest BCUT2D eigenvalue weighted by molar-refractivity contribution is -0.131. The molecule has 0 unspecified atom stereocenters. The molecular weight excluding hydrogens is 464 g/mol. The summed E-state index contributed by atoms with van der Waals surface area (Å²) in [5.74, 6) is 0.0875. The molecule has 0 bridgehead atoms. The topological polar surface area (TPSA) is 68.3 Å². The van der Waals surface area contributed by atoms with Crippen molar-refractivity contribution in [3.05, 3.63) is 64.7 Å². The minimum absolute atomic E-state index is 0.0130. The van der Waals surface area contributed by atoms with Crippen LogP contribution in [0.5, 0.6) is 0 Å². The van der Waals surface area contributed by atoms with E-state index in [9.17, 15) is 9.59 Å². The summed E-state index contributed by atoms with van der Waals surface area (Å²) in [5, 5.41) is 4.91. The summed E-state index contributed by atoms with van der Waals surface area (Å²) < 4.78 is 5.40. The van der Waals surface area contributed by atoms with E-state index < -0.39 is 0 Å². The summed E-state index contributed by atoms with van der Waals surface area (Å²) in [4.78, 5) is 30.2. The average Bonchev–Trinajstić information content (AvgIpc) is 3.59. The predicted molar refractivity (Wildman–Crippen MR) is 148 cm³/mol. The Morgan fingerprint density at radius 2 is 1.78 bits per heavy atom. The van der Waals surface area contributed by atoms with E-state index in [0.29, 0.717) is 19.1 Å². The standard InChI is InChI=1S/C29H36N6O2/c1-6-34-25-12-11-21(16-26(25)35(7-2)29(34)37)24-18-33(30-28(24)22-10-8-9-20(3)15-22)19-27(36)32-14-13-23(17-32)31(4)5/h8-12,15-16,18,23H,6-7,13-14,17,19H2,1-5H3/t23-/m0/s1. The van der Waals surface area contributed by atoms with Crippen molar-refractivity contribution in [1.29, 1.82) is 0 Å². The van der Waals surface area contributed by atoms with Crippen LogP contribution in [-0.4, -0.2) is 67.8 Å². The Labute approximate surface area is 217 Å². The highest BCUT2D eigenvalue weighted by Gasteiger charge is 2.28. The van der Waals surface area contributed by atoms with Gasteiger partial charge in [-0.05, 0) is 65.0 Å². The Kier molecular flexibility index (Phi) is 6.77. The fourth-order valence-electron chi connectivity index (χ4n) is 5.45. The minimum atomic E-state index is 0.0130. The molecule has 1 atom stereocenters. The van der Waals surface area contributed by atoms with Gasteiger partial charge in [-0.25, -0.2) is 4.79 Å². The number of benzene rings is 2. The van der Waals surface area contributed by atoms with Gasteiger partial charge >= 0.3 is 5.69 Å². The highest BCUT2D eigenvalue weighted by molar-refractivity contribution is 5.88. The Hall–Kier alpha value is -3.65. The number of likely N-dealkylation sites (N-methyl/N-ethyl adjacent to an activating group) is 1. The van der Waals surface area contributed by atoms with E-state index >= 15 is 0 Å². The maximum absolute atomic E-state index is 13.2. The maximum atomic E-state index is 13.2. The first-order valence-electron chi connectivity index (χ1n) is 13.1. The molecule has 0 N–H and O–H groups in total. The molecular formula is C29H36N6O2. The van der Waals surface area contributed by atoms with Crippen LogP contribution in [0.3, 0.4) is 0 Å². The van der Waals surface area contributed by atoms with Crippen LogP contribution in [0.25, 0.3) is 33.4 Å². The van der Waals surface area contributed by atoms with Crippen LogP contribution in [0.15, 0.2) is 53.5 Å². The van der Waals surface area contributed by atoms with Crippen molar-refractivity contribution in [1.82, 2.24) is 28.7 Å². The Balaban J connectivity index is 1.56. The summed E-state index contributed by atoms with van der Waals surface area (Å²) in [6.07, 6.45) is 2.97. The summed E-state index contributed by atoms with van der Waals surface area (Å²) in [7, 11) is 4.13. The largest absolute Gasteiger partial charge is 0.339 e. The number of carbonyl (C=O) groups is 1. The molecule has 1 saturated heterocycles. The Bertz CT molecular complexity index is 1510. The molecule has 4 aromatic rings. The summed E-state index contributed by atoms with van der Waals surface area (Å²) in [5.41, 5.74) is 6.78. The molecule has 8 heteroatoms. The number of imidazole rings is 1. The molecule has 0 aliphatic carbocycles. The Morgan fingerprint density at radius 3 is 2.46 bits per heavy atom. The number of likely N-dealkylation sites (tertiary alicyclic amines) is 1. The van der Waals surface area contributed by atoms with Gasteiger partial charge in [-0.2, -0.15) is 5.10 Å². The van der Waals surface area contributed by atoms with Crippen molar-refractivity contribution >= 4 is 16.9 Å². The van der Waals surface area contributed by atoms with Crippen LogP contribution in [0, 0.1) is 6.92 Å². The monoisotopic (exact) mass is 500 g/mol. The molecule has 2 aromatic heterocycles. The van der Waals surface area contributed by atoms with Gasteiger partial charge in [0, 0.05) is 49.5 Å². The van der Waals surface area contributed by atoms with Gasteiger partial charge < -0.3 is 9.80 Å². The molecule has 194 valence electrons. The number of hydrogen-bond acceptors (Lipinski definition) is 4. The lowest BCUT2D eigenvalue weighted by Gasteiger charge is -2.20. The molecule has 0 radical (unpaired) electrons. The molecule has 1 amide bonds. The van der Waals surface area contributed by atoms with E-state index in [2.05, 4.69) is 56.3 Å². The van der Waals surface area contributed by atoms with Crippen molar-refractivity contribution < 1.29 is 4.79 Å². The van der Waals surface area contributed by atoms with Gasteiger partial charge in [0.05, 0.1) is 11.0 Å². The zero-order chi connectivity index (χ0) is 26.3.